The van der Waals surface area contributed by atoms with Crippen molar-refractivity contribution in [3.63, 3.8) is 0 Å². The molecule has 2 aliphatic heterocycles. The lowest BCUT2D eigenvalue weighted by Gasteiger charge is -2.49. The molecule has 2 heterocycles. The molecule has 0 aliphatic carbocycles. The summed E-state index contributed by atoms with van der Waals surface area (Å²) < 4.78 is 0.999. The second-order valence-corrected chi connectivity index (χ2v) is 10.6. The lowest BCUT2D eigenvalue weighted by molar-refractivity contribution is 0.0120. The summed E-state index contributed by atoms with van der Waals surface area (Å²) in [5.41, 5.74) is 3.89. The third-order valence-electron chi connectivity index (χ3n) is 7.58. The van der Waals surface area contributed by atoms with E-state index < -0.39 is 0 Å². The zero-order chi connectivity index (χ0) is 22.9. The highest BCUT2D eigenvalue weighted by molar-refractivity contribution is 9.10. The molecular formula is C27H33BrN2O2. The van der Waals surface area contributed by atoms with E-state index in [2.05, 4.69) is 27.8 Å². The van der Waals surface area contributed by atoms with Crippen molar-refractivity contribution in [3.05, 3.63) is 69.2 Å². The molecule has 4 rings (SSSR count). The summed E-state index contributed by atoms with van der Waals surface area (Å²) in [7, 11) is 0. The van der Waals surface area contributed by atoms with Gasteiger partial charge in [-0.25, -0.2) is 0 Å². The third-order valence-corrected chi connectivity index (χ3v) is 8.11. The molecule has 2 aromatic carbocycles. The zero-order valence-corrected chi connectivity index (χ0v) is 21.0. The number of benzene rings is 2. The fourth-order valence-electron chi connectivity index (χ4n) is 5.35. The summed E-state index contributed by atoms with van der Waals surface area (Å²) in [4.78, 5) is 30.7. The molecule has 170 valence electrons. The number of nitrogens with zero attached hydrogens (tertiary/aromatic N) is 2. The number of amides is 1. The van der Waals surface area contributed by atoms with Crippen molar-refractivity contribution in [2.75, 3.05) is 26.2 Å². The van der Waals surface area contributed by atoms with Gasteiger partial charge in [-0.15, -0.1) is 0 Å². The van der Waals surface area contributed by atoms with Crippen LogP contribution >= 0.6 is 15.9 Å². The minimum Gasteiger partial charge on any atom is -0.338 e. The van der Waals surface area contributed by atoms with Crippen molar-refractivity contribution >= 4 is 27.6 Å². The highest BCUT2D eigenvalue weighted by Crippen LogP contribution is 2.34. The quantitative estimate of drug-likeness (QED) is 0.513. The monoisotopic (exact) mass is 496 g/mol. The van der Waals surface area contributed by atoms with Crippen LogP contribution in [0, 0.1) is 19.8 Å². The number of carbonyl (C=O) groups excluding carboxylic acids is 2. The number of halogens is 1. The fourth-order valence-corrected chi connectivity index (χ4v) is 5.61. The Labute approximate surface area is 200 Å². The molecule has 0 bridgehead atoms. The number of ketones is 1. The predicted octanol–water partition coefficient (Wildman–Crippen LogP) is 5.66. The fraction of sp³-hybridized carbons (Fsp3) is 0.481. The average Bonchev–Trinajstić information content (AvgIpc) is 2.79. The minimum atomic E-state index is 0.100. The highest BCUT2D eigenvalue weighted by atomic mass is 79.9. The van der Waals surface area contributed by atoms with Crippen LogP contribution < -0.4 is 0 Å². The van der Waals surface area contributed by atoms with Crippen molar-refractivity contribution in [2.24, 2.45) is 5.92 Å². The topological polar surface area (TPSA) is 40.6 Å². The van der Waals surface area contributed by atoms with Gasteiger partial charge in [-0.3, -0.25) is 14.5 Å². The van der Waals surface area contributed by atoms with Gasteiger partial charge in [0.25, 0.3) is 5.91 Å². The number of aryl methyl sites for hydroxylation is 2. The molecule has 2 aromatic rings. The van der Waals surface area contributed by atoms with Gasteiger partial charge in [-0.05, 0) is 82.8 Å². The smallest absolute Gasteiger partial charge is 0.254 e. The first-order valence-electron chi connectivity index (χ1n) is 11.7. The molecule has 0 spiro atoms. The summed E-state index contributed by atoms with van der Waals surface area (Å²) in [6.45, 7) is 9.87. The number of piperidine rings is 2. The van der Waals surface area contributed by atoms with Gasteiger partial charge >= 0.3 is 0 Å². The molecule has 0 N–H and O–H groups in total. The number of hydrogen-bond donors (Lipinski definition) is 0. The van der Waals surface area contributed by atoms with Crippen LogP contribution in [0.2, 0.25) is 0 Å². The second kappa shape index (κ2) is 9.48. The van der Waals surface area contributed by atoms with Crippen LogP contribution in [-0.4, -0.2) is 53.2 Å². The summed E-state index contributed by atoms with van der Waals surface area (Å²) in [6.07, 6.45) is 3.79. The van der Waals surface area contributed by atoms with Crippen LogP contribution in [0.4, 0.5) is 0 Å². The van der Waals surface area contributed by atoms with Crippen LogP contribution in [0.1, 0.15) is 64.4 Å². The molecule has 5 heteroatoms. The first-order chi connectivity index (χ1) is 15.3. The molecule has 0 unspecified atom stereocenters. The molecule has 0 radical (unpaired) electrons. The summed E-state index contributed by atoms with van der Waals surface area (Å²) in [5, 5.41) is 0. The zero-order valence-electron chi connectivity index (χ0n) is 19.4. The Balaban J connectivity index is 1.34. The summed E-state index contributed by atoms with van der Waals surface area (Å²) in [5.74, 6) is 0.555. The Bertz CT molecular complexity index is 965. The van der Waals surface area contributed by atoms with E-state index >= 15 is 0 Å². The molecular weight excluding hydrogens is 464 g/mol. The molecule has 0 aromatic heterocycles. The van der Waals surface area contributed by atoms with E-state index in [1.165, 1.54) is 0 Å². The Morgan fingerprint density at radius 3 is 2.03 bits per heavy atom. The van der Waals surface area contributed by atoms with Crippen molar-refractivity contribution < 1.29 is 9.59 Å². The normalized spacial score (nSPS) is 19.7. The van der Waals surface area contributed by atoms with Gasteiger partial charge in [0.1, 0.15) is 0 Å². The maximum Gasteiger partial charge on any atom is 0.254 e. The van der Waals surface area contributed by atoms with Gasteiger partial charge in [-0.2, -0.15) is 0 Å². The van der Waals surface area contributed by atoms with E-state index in [1.807, 2.05) is 61.2 Å². The number of rotatable bonds is 4. The third kappa shape index (κ3) is 4.69. The van der Waals surface area contributed by atoms with Crippen LogP contribution in [0.25, 0.3) is 0 Å². The number of Topliss-reactive ketones (excluding diaryl/α,β-unsaturated/α-hetero) is 1. The number of carbonyl (C=O) groups is 2. The van der Waals surface area contributed by atoms with Crippen molar-refractivity contribution in [1.82, 2.24) is 9.80 Å². The van der Waals surface area contributed by atoms with E-state index in [9.17, 15) is 9.59 Å². The lowest BCUT2D eigenvalue weighted by Crippen LogP contribution is -2.56. The molecule has 0 atom stereocenters. The SMILES string of the molecule is Cc1cccc(C)c1C(=O)N1CCC(C)(N2CCC(C(=O)c3ccc(Br)cc3)CC2)CC1. The van der Waals surface area contributed by atoms with Gasteiger partial charge < -0.3 is 4.90 Å². The van der Waals surface area contributed by atoms with E-state index in [1.54, 1.807) is 0 Å². The molecule has 4 nitrogen and oxygen atoms in total. The molecule has 1 amide bonds. The van der Waals surface area contributed by atoms with E-state index in [-0.39, 0.29) is 23.1 Å². The highest BCUT2D eigenvalue weighted by Gasteiger charge is 2.39. The largest absolute Gasteiger partial charge is 0.338 e. The van der Waals surface area contributed by atoms with Crippen LogP contribution in [0.5, 0.6) is 0 Å². The van der Waals surface area contributed by atoms with Crippen LogP contribution in [0.3, 0.4) is 0 Å². The minimum absolute atomic E-state index is 0.100. The van der Waals surface area contributed by atoms with Crippen molar-refractivity contribution in [3.8, 4) is 0 Å². The Hall–Kier alpha value is -1.98. The number of likely N-dealkylation sites (tertiary alicyclic amines) is 2. The van der Waals surface area contributed by atoms with Gasteiger partial charge in [-0.1, -0.05) is 46.3 Å². The first kappa shape index (κ1) is 23.2. The van der Waals surface area contributed by atoms with Gasteiger partial charge in [0.2, 0.25) is 0 Å². The van der Waals surface area contributed by atoms with E-state index in [4.69, 9.17) is 0 Å². The van der Waals surface area contributed by atoms with Crippen LogP contribution in [0.15, 0.2) is 46.9 Å². The number of hydrogen-bond acceptors (Lipinski definition) is 3. The van der Waals surface area contributed by atoms with Gasteiger partial charge in [0, 0.05) is 40.1 Å². The van der Waals surface area contributed by atoms with Gasteiger partial charge in [0.05, 0.1) is 0 Å². The predicted molar refractivity (Wildman–Crippen MR) is 132 cm³/mol. The maximum atomic E-state index is 13.2. The Morgan fingerprint density at radius 1 is 0.906 bits per heavy atom. The Morgan fingerprint density at radius 2 is 1.47 bits per heavy atom. The average molecular weight is 497 g/mol. The molecule has 2 aliphatic rings. The molecule has 2 fully saturated rings. The van der Waals surface area contributed by atoms with E-state index in [0.717, 1.165) is 78.6 Å². The van der Waals surface area contributed by atoms with Crippen LogP contribution in [-0.2, 0) is 0 Å². The lowest BCUT2D eigenvalue weighted by atomic mass is 9.82. The van der Waals surface area contributed by atoms with Crippen molar-refractivity contribution in [2.45, 2.75) is 52.0 Å². The second-order valence-electron chi connectivity index (χ2n) is 9.69. The first-order valence-corrected chi connectivity index (χ1v) is 12.5. The summed E-state index contributed by atoms with van der Waals surface area (Å²) in [6, 6.07) is 13.8. The Kier molecular flexibility index (Phi) is 6.87. The molecule has 0 saturated carbocycles. The van der Waals surface area contributed by atoms with Crippen molar-refractivity contribution in [1.29, 1.82) is 0 Å². The summed E-state index contributed by atoms with van der Waals surface area (Å²) >= 11 is 3.44. The molecule has 32 heavy (non-hydrogen) atoms. The maximum absolute atomic E-state index is 13.2. The standard InChI is InChI=1S/C27H33BrN2O2/c1-19-5-4-6-20(2)24(19)26(32)29-17-13-27(3,14-18-29)30-15-11-22(12-16-30)25(31)21-7-9-23(28)10-8-21/h4-10,22H,11-18H2,1-3H3. The van der Waals surface area contributed by atoms with Gasteiger partial charge in [0.15, 0.2) is 5.78 Å². The molecule has 2 saturated heterocycles. The van der Waals surface area contributed by atoms with E-state index in [0.29, 0.717) is 0 Å².